The molecule has 1 heterocycles. The van der Waals surface area contributed by atoms with Gasteiger partial charge in [0.25, 0.3) is 11.1 Å². The van der Waals surface area contributed by atoms with E-state index in [-0.39, 0.29) is 10.1 Å². The number of carbonyl (C=O) groups excluding carboxylic acids is 3. The average molecular weight is 418 g/mol. The summed E-state index contributed by atoms with van der Waals surface area (Å²) >= 11 is 6.71. The smallest absolute Gasteiger partial charge is 0.308 e. The second-order valence-corrected chi connectivity index (χ2v) is 7.16. The van der Waals surface area contributed by atoms with Crippen LogP contribution >= 0.6 is 23.4 Å². The van der Waals surface area contributed by atoms with Crippen molar-refractivity contribution in [3.8, 4) is 11.5 Å². The SMILES string of the molecule is CCOc1cc(C=C2SC(=O)N(c3ccc(Cl)cc3)C2=O)ccc1OC(C)=O. The molecule has 2 aromatic rings. The first kappa shape index (κ1) is 20.0. The summed E-state index contributed by atoms with van der Waals surface area (Å²) in [5, 5.41) is 0.128. The van der Waals surface area contributed by atoms with Crippen LogP contribution in [0.2, 0.25) is 5.02 Å². The Labute approximate surface area is 171 Å². The van der Waals surface area contributed by atoms with E-state index in [0.29, 0.717) is 34.4 Å². The van der Waals surface area contributed by atoms with Crippen molar-refractivity contribution in [3.05, 3.63) is 58.0 Å². The Morgan fingerprint density at radius 3 is 2.50 bits per heavy atom. The third-order valence-corrected chi connectivity index (χ3v) is 4.82. The first-order valence-electron chi connectivity index (χ1n) is 8.38. The standard InChI is InChI=1S/C20H16ClNO5S/c1-3-26-17-10-13(4-9-16(17)27-12(2)23)11-18-19(24)22(20(25)28-18)15-7-5-14(21)6-8-15/h4-11H,3H2,1-2H3. The van der Waals surface area contributed by atoms with Crippen LogP contribution in [0.1, 0.15) is 19.4 Å². The minimum Gasteiger partial charge on any atom is -0.490 e. The van der Waals surface area contributed by atoms with Crippen molar-refractivity contribution in [2.75, 3.05) is 11.5 Å². The molecule has 0 unspecified atom stereocenters. The van der Waals surface area contributed by atoms with Gasteiger partial charge in [0.2, 0.25) is 0 Å². The molecule has 2 aromatic carbocycles. The first-order chi connectivity index (χ1) is 13.4. The number of ether oxygens (including phenoxy) is 2. The number of carbonyl (C=O) groups is 3. The fraction of sp³-hybridized carbons (Fsp3) is 0.150. The van der Waals surface area contributed by atoms with Gasteiger partial charge in [-0.05, 0) is 66.7 Å². The highest BCUT2D eigenvalue weighted by molar-refractivity contribution is 8.19. The molecule has 28 heavy (non-hydrogen) atoms. The molecular weight excluding hydrogens is 402 g/mol. The van der Waals surface area contributed by atoms with Crippen molar-refractivity contribution in [3.63, 3.8) is 0 Å². The molecule has 1 saturated heterocycles. The molecule has 1 aliphatic heterocycles. The molecule has 2 amide bonds. The fourth-order valence-corrected chi connectivity index (χ4v) is 3.52. The Morgan fingerprint density at radius 2 is 1.86 bits per heavy atom. The van der Waals surface area contributed by atoms with Crippen LogP contribution in [0, 0.1) is 0 Å². The zero-order valence-corrected chi connectivity index (χ0v) is 16.7. The van der Waals surface area contributed by atoms with Gasteiger partial charge in [0.05, 0.1) is 17.2 Å². The van der Waals surface area contributed by atoms with E-state index in [1.807, 2.05) is 6.92 Å². The lowest BCUT2D eigenvalue weighted by Gasteiger charge is -2.12. The third kappa shape index (κ3) is 4.37. The lowest BCUT2D eigenvalue weighted by molar-refractivity contribution is -0.132. The summed E-state index contributed by atoms with van der Waals surface area (Å²) < 4.78 is 10.6. The molecule has 0 aromatic heterocycles. The van der Waals surface area contributed by atoms with Crippen molar-refractivity contribution in [1.82, 2.24) is 0 Å². The number of benzene rings is 2. The van der Waals surface area contributed by atoms with Crippen LogP contribution < -0.4 is 14.4 Å². The molecule has 0 saturated carbocycles. The van der Waals surface area contributed by atoms with Crippen LogP contribution in [0.4, 0.5) is 10.5 Å². The average Bonchev–Trinajstić information content (AvgIpc) is 2.91. The number of anilines is 1. The van der Waals surface area contributed by atoms with Crippen molar-refractivity contribution in [1.29, 1.82) is 0 Å². The molecule has 1 fully saturated rings. The predicted octanol–water partition coefficient (Wildman–Crippen LogP) is 4.90. The molecule has 0 bridgehead atoms. The van der Waals surface area contributed by atoms with Crippen LogP contribution in [-0.4, -0.2) is 23.7 Å². The Hall–Kier alpha value is -2.77. The van der Waals surface area contributed by atoms with Gasteiger partial charge >= 0.3 is 5.97 Å². The van der Waals surface area contributed by atoms with Crippen LogP contribution in [0.15, 0.2) is 47.4 Å². The van der Waals surface area contributed by atoms with Crippen LogP contribution in [0.5, 0.6) is 11.5 Å². The van der Waals surface area contributed by atoms with Crippen molar-refractivity contribution < 1.29 is 23.9 Å². The Balaban J connectivity index is 1.90. The largest absolute Gasteiger partial charge is 0.490 e. The topological polar surface area (TPSA) is 72.9 Å². The molecule has 0 atom stereocenters. The number of esters is 1. The van der Waals surface area contributed by atoms with Gasteiger partial charge in [-0.2, -0.15) is 0 Å². The number of halogens is 1. The molecule has 0 spiro atoms. The number of rotatable bonds is 5. The highest BCUT2D eigenvalue weighted by Crippen LogP contribution is 2.37. The van der Waals surface area contributed by atoms with Gasteiger partial charge in [0.15, 0.2) is 11.5 Å². The molecule has 8 heteroatoms. The summed E-state index contributed by atoms with van der Waals surface area (Å²) in [5.74, 6) is -0.207. The van der Waals surface area contributed by atoms with E-state index in [9.17, 15) is 14.4 Å². The maximum Gasteiger partial charge on any atom is 0.308 e. The molecule has 0 radical (unpaired) electrons. The van der Waals surface area contributed by atoms with Gasteiger partial charge < -0.3 is 9.47 Å². The monoisotopic (exact) mass is 417 g/mol. The first-order valence-corrected chi connectivity index (χ1v) is 9.57. The minimum atomic E-state index is -0.460. The van der Waals surface area contributed by atoms with Gasteiger partial charge in [-0.3, -0.25) is 14.4 Å². The molecule has 144 valence electrons. The van der Waals surface area contributed by atoms with E-state index in [1.54, 1.807) is 48.5 Å². The molecule has 1 aliphatic rings. The normalized spacial score (nSPS) is 15.2. The van der Waals surface area contributed by atoms with Crippen LogP contribution in [0.25, 0.3) is 6.08 Å². The van der Waals surface area contributed by atoms with Gasteiger partial charge in [-0.1, -0.05) is 17.7 Å². The fourth-order valence-electron chi connectivity index (χ4n) is 2.55. The number of imide groups is 1. The lowest BCUT2D eigenvalue weighted by atomic mass is 10.1. The van der Waals surface area contributed by atoms with Gasteiger partial charge in [0.1, 0.15) is 0 Å². The van der Waals surface area contributed by atoms with E-state index in [0.717, 1.165) is 16.7 Å². The number of hydrogen-bond acceptors (Lipinski definition) is 6. The summed E-state index contributed by atoms with van der Waals surface area (Å²) in [6.45, 7) is 3.49. The Morgan fingerprint density at radius 1 is 1.14 bits per heavy atom. The highest BCUT2D eigenvalue weighted by atomic mass is 35.5. The highest BCUT2D eigenvalue weighted by Gasteiger charge is 2.36. The quantitative estimate of drug-likeness (QED) is 0.391. The van der Waals surface area contributed by atoms with Crippen LogP contribution in [-0.2, 0) is 9.59 Å². The number of hydrogen-bond donors (Lipinski definition) is 0. The van der Waals surface area contributed by atoms with E-state index in [1.165, 1.54) is 6.92 Å². The van der Waals surface area contributed by atoms with E-state index < -0.39 is 11.9 Å². The summed E-state index contributed by atoms with van der Waals surface area (Å²) in [6, 6.07) is 11.4. The predicted molar refractivity (Wildman–Crippen MR) is 109 cm³/mol. The Kier molecular flexibility index (Phi) is 6.06. The molecule has 6 nitrogen and oxygen atoms in total. The Bertz CT molecular complexity index is 971. The van der Waals surface area contributed by atoms with Crippen molar-refractivity contribution in [2.24, 2.45) is 0 Å². The second kappa shape index (κ2) is 8.50. The maximum absolute atomic E-state index is 12.7. The number of thioether (sulfide) groups is 1. The van der Waals surface area contributed by atoms with Gasteiger partial charge in [0, 0.05) is 11.9 Å². The molecule has 3 rings (SSSR count). The zero-order chi connectivity index (χ0) is 20.3. The summed E-state index contributed by atoms with van der Waals surface area (Å²) in [4.78, 5) is 37.6. The molecule has 0 N–H and O–H groups in total. The summed E-state index contributed by atoms with van der Waals surface area (Å²) in [6.07, 6.45) is 1.60. The van der Waals surface area contributed by atoms with Crippen molar-refractivity contribution >= 4 is 52.2 Å². The molecular formula is C20H16ClNO5S. The van der Waals surface area contributed by atoms with E-state index in [2.05, 4.69) is 0 Å². The van der Waals surface area contributed by atoms with Gasteiger partial charge in [-0.25, -0.2) is 4.90 Å². The molecule has 0 aliphatic carbocycles. The van der Waals surface area contributed by atoms with Crippen molar-refractivity contribution in [2.45, 2.75) is 13.8 Å². The maximum atomic E-state index is 12.7. The van der Waals surface area contributed by atoms with E-state index in [4.69, 9.17) is 21.1 Å². The second-order valence-electron chi connectivity index (χ2n) is 5.73. The summed E-state index contributed by atoms with van der Waals surface area (Å²) in [5.41, 5.74) is 1.09. The van der Waals surface area contributed by atoms with Gasteiger partial charge in [-0.15, -0.1) is 0 Å². The minimum absolute atomic E-state index is 0.280. The van der Waals surface area contributed by atoms with E-state index >= 15 is 0 Å². The third-order valence-electron chi connectivity index (χ3n) is 3.70. The number of amides is 2. The van der Waals surface area contributed by atoms with Crippen LogP contribution in [0.3, 0.4) is 0 Å². The summed E-state index contributed by atoms with van der Waals surface area (Å²) in [7, 11) is 0. The lowest BCUT2D eigenvalue weighted by Crippen LogP contribution is -2.27. The number of nitrogens with zero attached hydrogens (tertiary/aromatic N) is 1. The zero-order valence-electron chi connectivity index (χ0n) is 15.1.